The summed E-state index contributed by atoms with van der Waals surface area (Å²) >= 11 is 5.79. The Morgan fingerprint density at radius 2 is 2.00 bits per heavy atom. The molecule has 6 saturated heterocycles. The number of hydrogen-bond donors (Lipinski definition) is 2. The van der Waals surface area contributed by atoms with Crippen molar-refractivity contribution in [2.75, 3.05) is 38.6 Å². The third kappa shape index (κ3) is 4.09. The van der Waals surface area contributed by atoms with Crippen LogP contribution in [0.1, 0.15) is 32.1 Å². The maximum absolute atomic E-state index is 13.3. The van der Waals surface area contributed by atoms with Gasteiger partial charge >= 0.3 is 0 Å². The van der Waals surface area contributed by atoms with E-state index in [4.69, 9.17) is 17.0 Å². The molecular weight excluding hydrogens is 423 g/mol. The van der Waals surface area contributed by atoms with Gasteiger partial charge in [-0.05, 0) is 92.4 Å². The van der Waals surface area contributed by atoms with Crippen LogP contribution < -0.4 is 10.6 Å². The molecule has 0 spiro atoms. The lowest BCUT2D eigenvalue weighted by Gasteiger charge is -2.60. The molecule has 7 heteroatoms. The van der Waals surface area contributed by atoms with Gasteiger partial charge < -0.3 is 15.4 Å². The topological polar surface area (TPSA) is 39.8 Å². The third-order valence-corrected chi connectivity index (χ3v) is 8.86. The summed E-state index contributed by atoms with van der Waals surface area (Å²) in [6, 6.07) is 7.11. The quantitative estimate of drug-likeness (QED) is 0.499. The molecule has 2 N–H and O–H groups in total. The summed E-state index contributed by atoms with van der Waals surface area (Å²) in [5.41, 5.74) is 0.973. The lowest BCUT2D eigenvalue weighted by molar-refractivity contribution is -0.156. The molecule has 4 bridgehead atoms. The minimum absolute atomic E-state index is 0.162. The van der Waals surface area contributed by atoms with E-state index in [0.29, 0.717) is 23.0 Å². The number of nitrogens with one attached hydrogen (secondary N) is 2. The molecule has 0 amide bonds. The van der Waals surface area contributed by atoms with Crippen molar-refractivity contribution in [2.24, 2.45) is 17.3 Å². The molecule has 0 aromatic heterocycles. The fourth-order valence-corrected chi connectivity index (χ4v) is 7.08. The summed E-state index contributed by atoms with van der Waals surface area (Å²) in [5, 5.41) is 7.71. The van der Waals surface area contributed by atoms with Crippen molar-refractivity contribution in [1.29, 1.82) is 0 Å². The maximum atomic E-state index is 13.3. The van der Waals surface area contributed by atoms with Crippen molar-refractivity contribution in [2.45, 2.75) is 50.4 Å². The Bertz CT molecular complexity index is 841. The van der Waals surface area contributed by atoms with Gasteiger partial charge in [0, 0.05) is 44.5 Å². The van der Waals surface area contributed by atoms with Gasteiger partial charge in [-0.2, -0.15) is 0 Å². The van der Waals surface area contributed by atoms with E-state index < -0.39 is 0 Å². The van der Waals surface area contributed by atoms with E-state index in [9.17, 15) is 4.39 Å². The first kappa shape index (κ1) is 22.3. The first-order chi connectivity index (χ1) is 15.5. The molecule has 1 aromatic rings. The summed E-state index contributed by atoms with van der Waals surface area (Å²) < 4.78 is 19.2. The molecule has 2 unspecified atom stereocenters. The number of anilines is 1. The van der Waals surface area contributed by atoms with Gasteiger partial charge in [-0.3, -0.25) is 9.80 Å². The van der Waals surface area contributed by atoms with E-state index in [2.05, 4.69) is 33.1 Å². The molecule has 0 radical (unpaired) electrons. The maximum Gasteiger partial charge on any atom is 0.171 e. The van der Waals surface area contributed by atoms with Crippen LogP contribution in [-0.4, -0.2) is 66.5 Å². The zero-order chi connectivity index (χ0) is 22.3. The van der Waals surface area contributed by atoms with Crippen molar-refractivity contribution in [3.63, 3.8) is 0 Å². The highest BCUT2D eigenvalue weighted by Crippen LogP contribution is 2.50. The molecular formula is C25H35FN4OS. The number of benzene rings is 1. The van der Waals surface area contributed by atoms with Crippen LogP contribution in [0.25, 0.3) is 0 Å². The first-order valence-corrected chi connectivity index (χ1v) is 12.4. The van der Waals surface area contributed by atoms with Crippen molar-refractivity contribution in [3.8, 4) is 0 Å². The fourth-order valence-electron chi connectivity index (χ4n) is 6.83. The van der Waals surface area contributed by atoms with E-state index in [-0.39, 0.29) is 23.5 Å². The molecule has 0 aliphatic carbocycles. The Balaban J connectivity index is 1.39. The number of rotatable bonds is 6. The standard InChI is InChI=1S/C25H35FN4OS/c1-3-17-16-30-11-8-18(17)14-21(30)23(25-9-12-29(13-10-25)22(15-25)31-2)28-24(32)27-20-6-4-19(26)5-7-20/h3-7,17-18,21-23H,1,8-16H2,2H3,(H2,27,28,32)/t17-,18-,21-,22?,23+/m0/s1. The molecule has 5 nitrogen and oxygen atoms in total. The second-order valence-corrected chi connectivity index (χ2v) is 10.5. The Kier molecular flexibility index (Phi) is 6.27. The predicted octanol–water partition coefficient (Wildman–Crippen LogP) is 3.84. The van der Waals surface area contributed by atoms with Gasteiger partial charge in [-0.15, -0.1) is 6.58 Å². The minimum Gasteiger partial charge on any atom is -0.366 e. The van der Waals surface area contributed by atoms with Gasteiger partial charge in [0.1, 0.15) is 12.0 Å². The van der Waals surface area contributed by atoms with Gasteiger partial charge in [-0.1, -0.05) is 6.08 Å². The van der Waals surface area contributed by atoms with E-state index in [0.717, 1.165) is 38.3 Å². The first-order valence-electron chi connectivity index (χ1n) is 12.0. The van der Waals surface area contributed by atoms with Crippen LogP contribution in [0.15, 0.2) is 36.9 Å². The number of hydrogen-bond acceptors (Lipinski definition) is 4. The Morgan fingerprint density at radius 3 is 2.62 bits per heavy atom. The van der Waals surface area contributed by atoms with Crippen LogP contribution in [0.5, 0.6) is 0 Å². The van der Waals surface area contributed by atoms with E-state index in [1.807, 2.05) is 7.11 Å². The summed E-state index contributed by atoms with van der Waals surface area (Å²) in [5.74, 6) is 1.07. The van der Waals surface area contributed by atoms with Crippen LogP contribution in [0, 0.1) is 23.1 Å². The number of methoxy groups -OCH3 is 1. The molecule has 6 aliphatic heterocycles. The summed E-state index contributed by atoms with van der Waals surface area (Å²) in [4.78, 5) is 5.16. The van der Waals surface area contributed by atoms with Crippen LogP contribution in [0.4, 0.5) is 10.1 Å². The molecule has 32 heavy (non-hydrogen) atoms. The molecule has 6 aliphatic rings. The van der Waals surface area contributed by atoms with E-state index in [1.165, 1.54) is 37.8 Å². The van der Waals surface area contributed by atoms with Gasteiger partial charge in [0.25, 0.3) is 0 Å². The number of ether oxygens (including phenoxy) is 1. The average Bonchev–Trinajstić information content (AvgIpc) is 2.84. The third-order valence-electron chi connectivity index (χ3n) is 8.64. The van der Waals surface area contributed by atoms with Crippen LogP contribution >= 0.6 is 12.2 Å². The lowest BCUT2D eigenvalue weighted by Crippen LogP contribution is -2.69. The predicted molar refractivity (Wildman–Crippen MR) is 130 cm³/mol. The number of piperidine rings is 6. The largest absolute Gasteiger partial charge is 0.366 e. The Labute approximate surface area is 196 Å². The Hall–Kier alpha value is -1.54. The van der Waals surface area contributed by atoms with Crippen molar-refractivity contribution < 1.29 is 9.13 Å². The highest BCUT2D eigenvalue weighted by Gasteiger charge is 2.54. The summed E-state index contributed by atoms with van der Waals surface area (Å²) in [7, 11) is 1.84. The zero-order valence-electron chi connectivity index (χ0n) is 18.9. The van der Waals surface area contributed by atoms with Crippen LogP contribution in [0.2, 0.25) is 0 Å². The fraction of sp³-hybridized carbons (Fsp3) is 0.640. The summed E-state index contributed by atoms with van der Waals surface area (Å²) in [6.45, 7) is 8.53. The monoisotopic (exact) mass is 458 g/mol. The van der Waals surface area contributed by atoms with E-state index >= 15 is 0 Å². The lowest BCUT2D eigenvalue weighted by atomic mass is 9.61. The van der Waals surface area contributed by atoms with Gasteiger partial charge in [0.05, 0.1) is 0 Å². The minimum atomic E-state index is -0.242. The number of fused-ring (bicyclic) bond motifs is 6. The second-order valence-electron chi connectivity index (χ2n) is 10.1. The highest BCUT2D eigenvalue weighted by molar-refractivity contribution is 7.80. The second kappa shape index (κ2) is 9.01. The van der Waals surface area contributed by atoms with Crippen molar-refractivity contribution in [3.05, 3.63) is 42.7 Å². The molecule has 1 aromatic carbocycles. The normalized spacial score (nSPS) is 38.8. The van der Waals surface area contributed by atoms with Crippen molar-refractivity contribution >= 4 is 23.0 Å². The number of thiocarbonyl (C=S) groups is 1. The van der Waals surface area contributed by atoms with E-state index in [1.54, 1.807) is 12.1 Å². The number of halogens is 1. The molecule has 6 fully saturated rings. The van der Waals surface area contributed by atoms with Gasteiger partial charge in [0.15, 0.2) is 5.11 Å². The molecule has 0 saturated carbocycles. The molecule has 6 atom stereocenters. The SMILES string of the molecule is C=C[C@H]1CN2CC[C@H]1C[C@H]2[C@@H](NC(=S)Nc1ccc(F)cc1)C12CCN(CC1)C(OC)C2. The molecule has 7 rings (SSSR count). The zero-order valence-corrected chi connectivity index (χ0v) is 19.7. The smallest absolute Gasteiger partial charge is 0.171 e. The van der Waals surface area contributed by atoms with Crippen LogP contribution in [0.3, 0.4) is 0 Å². The molecule has 174 valence electrons. The number of nitrogens with zero attached hydrogens (tertiary/aromatic N) is 2. The Morgan fingerprint density at radius 1 is 1.25 bits per heavy atom. The van der Waals surface area contributed by atoms with Crippen molar-refractivity contribution in [1.82, 2.24) is 15.1 Å². The highest BCUT2D eigenvalue weighted by atomic mass is 32.1. The molecule has 6 heterocycles. The summed E-state index contributed by atoms with van der Waals surface area (Å²) in [6.07, 6.45) is 8.19. The van der Waals surface area contributed by atoms with Crippen LogP contribution in [-0.2, 0) is 4.74 Å². The van der Waals surface area contributed by atoms with Gasteiger partial charge in [-0.25, -0.2) is 4.39 Å². The van der Waals surface area contributed by atoms with Gasteiger partial charge in [0.2, 0.25) is 0 Å². The average molecular weight is 459 g/mol.